The number of fused-ring (bicyclic) bond motifs is 7. The van der Waals surface area contributed by atoms with Crippen LogP contribution in [-0.2, 0) is 14.4 Å². The van der Waals surface area contributed by atoms with Gasteiger partial charge in [0.1, 0.15) is 0 Å². The number of carboxylic acid groups (broad SMARTS) is 3. The van der Waals surface area contributed by atoms with Gasteiger partial charge in [0.15, 0.2) is 0 Å². The first kappa shape index (κ1) is 26.7. The van der Waals surface area contributed by atoms with Crippen molar-refractivity contribution in [1.29, 1.82) is 0 Å². The molecule has 37 heavy (non-hydrogen) atoms. The molecule has 0 aromatic heterocycles. The summed E-state index contributed by atoms with van der Waals surface area (Å²) in [6, 6.07) is 0. The van der Waals surface area contributed by atoms with Crippen LogP contribution in [0.2, 0.25) is 0 Å². The summed E-state index contributed by atoms with van der Waals surface area (Å²) in [6.07, 6.45) is 4.75. The first-order valence-corrected chi connectivity index (χ1v) is 14.2. The Hall–Kier alpha value is -1.89. The van der Waals surface area contributed by atoms with Gasteiger partial charge >= 0.3 is 17.9 Å². The lowest BCUT2D eigenvalue weighted by Gasteiger charge is -2.71. The van der Waals surface area contributed by atoms with Gasteiger partial charge in [0.25, 0.3) is 0 Å². The van der Waals surface area contributed by atoms with Crippen LogP contribution in [0.25, 0.3) is 0 Å². The molecule has 206 valence electrons. The van der Waals surface area contributed by atoms with Gasteiger partial charge in [-0.2, -0.15) is 0 Å². The Bertz CT molecular complexity index is 1050. The zero-order valence-corrected chi connectivity index (χ0v) is 22.8. The summed E-state index contributed by atoms with van der Waals surface area (Å²) in [6.45, 7) is 12.1. The Morgan fingerprint density at radius 2 is 1.43 bits per heavy atom. The maximum absolute atomic E-state index is 13.6. The summed E-state index contributed by atoms with van der Waals surface area (Å²) in [5.41, 5.74) is -3.24. The molecule has 0 aromatic rings. The van der Waals surface area contributed by atoms with Crippen LogP contribution in [0.4, 0.5) is 0 Å². The summed E-state index contributed by atoms with van der Waals surface area (Å²) in [5, 5.41) is 42.7. The Balaban J connectivity index is 1.64. The van der Waals surface area contributed by atoms with Crippen LogP contribution in [0.15, 0.2) is 12.2 Å². The second-order valence-corrected chi connectivity index (χ2v) is 14.1. The summed E-state index contributed by atoms with van der Waals surface area (Å²) in [5.74, 6) is -3.30. The summed E-state index contributed by atoms with van der Waals surface area (Å²) >= 11 is 0. The predicted molar refractivity (Wildman–Crippen MR) is 137 cm³/mol. The molecule has 5 aliphatic rings. The number of rotatable bonds is 4. The molecule has 0 heterocycles. The van der Waals surface area contributed by atoms with Gasteiger partial charge in [0.2, 0.25) is 0 Å². The Labute approximate surface area is 219 Å². The zero-order chi connectivity index (χ0) is 27.3. The Morgan fingerprint density at radius 3 is 2.00 bits per heavy atom. The molecule has 0 amide bonds. The Morgan fingerprint density at radius 1 is 0.757 bits per heavy atom. The molecule has 0 spiro atoms. The van der Waals surface area contributed by atoms with Crippen LogP contribution >= 0.6 is 0 Å². The van der Waals surface area contributed by atoms with Crippen molar-refractivity contribution in [2.24, 2.45) is 56.7 Å². The quantitative estimate of drug-likeness (QED) is 0.377. The molecule has 0 radical (unpaired) electrons. The molecule has 0 aromatic carbocycles. The van der Waals surface area contributed by atoms with E-state index in [4.69, 9.17) is 0 Å². The van der Waals surface area contributed by atoms with Crippen LogP contribution in [0, 0.1) is 56.7 Å². The molecule has 5 fully saturated rings. The van der Waals surface area contributed by atoms with Crippen molar-refractivity contribution < 1.29 is 34.8 Å². The van der Waals surface area contributed by atoms with Crippen molar-refractivity contribution in [3.63, 3.8) is 0 Å². The molecule has 5 aliphatic carbocycles. The van der Waals surface area contributed by atoms with E-state index >= 15 is 0 Å². The summed E-state index contributed by atoms with van der Waals surface area (Å²) in [4.78, 5) is 38.9. The van der Waals surface area contributed by atoms with E-state index in [0.717, 1.165) is 18.4 Å². The number of carboxylic acids is 3. The fraction of sp³-hybridized carbons (Fsp3) is 0.833. The van der Waals surface area contributed by atoms with Gasteiger partial charge in [0, 0.05) is 0 Å². The van der Waals surface area contributed by atoms with Crippen molar-refractivity contribution in [1.82, 2.24) is 0 Å². The van der Waals surface area contributed by atoms with Crippen LogP contribution in [0.1, 0.15) is 91.9 Å². The maximum Gasteiger partial charge on any atom is 0.312 e. The number of aliphatic hydroxyl groups excluding tert-OH is 1. The molecule has 4 N–H and O–H groups in total. The standard InChI is InChI=1S/C30H44O7/c1-16(2)17-8-13-29(24(34)35)14-15-30(25(36)37)18(22(17)29)6-7-19-26(3)11-10-21(31)28(5,23(32)33)20(26)9-12-27(19,30)4/h17-22,31H,1,6-15H2,2-5H3,(H,32,33)(H,34,35)(H,36,37). The third kappa shape index (κ3) is 2.95. The number of carbonyl (C=O) groups is 3. The molecule has 0 saturated heterocycles. The monoisotopic (exact) mass is 516 g/mol. The van der Waals surface area contributed by atoms with Crippen LogP contribution in [0.5, 0.6) is 0 Å². The third-order valence-electron chi connectivity index (χ3n) is 13.4. The predicted octanol–water partition coefficient (Wildman–Crippen LogP) is 5.22. The number of hydrogen-bond donors (Lipinski definition) is 4. The average Bonchev–Trinajstić information content (AvgIpc) is 3.23. The van der Waals surface area contributed by atoms with Gasteiger partial charge in [-0.05, 0) is 118 Å². The summed E-state index contributed by atoms with van der Waals surface area (Å²) in [7, 11) is 0. The van der Waals surface area contributed by atoms with Crippen molar-refractivity contribution in [2.75, 3.05) is 0 Å². The molecular weight excluding hydrogens is 472 g/mol. The minimum Gasteiger partial charge on any atom is -0.481 e. The fourth-order valence-corrected chi connectivity index (χ4v) is 11.6. The molecule has 0 aliphatic heterocycles. The minimum atomic E-state index is -1.26. The molecule has 7 heteroatoms. The van der Waals surface area contributed by atoms with Crippen molar-refractivity contribution >= 4 is 17.9 Å². The van der Waals surface area contributed by atoms with E-state index in [1.807, 2.05) is 6.92 Å². The number of aliphatic hydroxyl groups is 1. The number of allylic oxidation sites excluding steroid dienone is 1. The van der Waals surface area contributed by atoms with Gasteiger partial charge in [0.05, 0.1) is 22.3 Å². The third-order valence-corrected chi connectivity index (χ3v) is 13.4. The smallest absolute Gasteiger partial charge is 0.312 e. The Kier molecular flexibility index (Phi) is 5.82. The molecular formula is C30H44O7. The van der Waals surface area contributed by atoms with Crippen LogP contribution in [0.3, 0.4) is 0 Å². The molecule has 11 unspecified atom stereocenters. The van der Waals surface area contributed by atoms with E-state index in [-0.39, 0.29) is 29.6 Å². The molecule has 11 atom stereocenters. The van der Waals surface area contributed by atoms with Crippen molar-refractivity contribution in [3.8, 4) is 0 Å². The van der Waals surface area contributed by atoms with Crippen molar-refractivity contribution in [3.05, 3.63) is 12.2 Å². The molecule has 7 nitrogen and oxygen atoms in total. The molecule has 0 bridgehead atoms. The van der Waals surface area contributed by atoms with Gasteiger partial charge in [-0.15, -0.1) is 0 Å². The van der Waals surface area contributed by atoms with E-state index in [1.165, 1.54) is 0 Å². The highest BCUT2D eigenvalue weighted by atomic mass is 16.4. The second-order valence-electron chi connectivity index (χ2n) is 14.1. The highest BCUT2D eigenvalue weighted by Crippen LogP contribution is 2.77. The van der Waals surface area contributed by atoms with Crippen LogP contribution in [-0.4, -0.2) is 44.4 Å². The topological polar surface area (TPSA) is 132 Å². The fourth-order valence-electron chi connectivity index (χ4n) is 11.6. The molecule has 5 saturated carbocycles. The minimum absolute atomic E-state index is 0.000663. The van der Waals surface area contributed by atoms with Crippen molar-refractivity contribution in [2.45, 2.75) is 98.0 Å². The maximum atomic E-state index is 13.6. The van der Waals surface area contributed by atoms with E-state index in [0.29, 0.717) is 51.4 Å². The van der Waals surface area contributed by atoms with E-state index in [2.05, 4.69) is 20.4 Å². The van der Waals surface area contributed by atoms with Crippen LogP contribution < -0.4 is 0 Å². The first-order chi connectivity index (χ1) is 17.1. The number of aliphatic carboxylic acids is 3. The van der Waals surface area contributed by atoms with Gasteiger partial charge in [-0.1, -0.05) is 26.0 Å². The van der Waals surface area contributed by atoms with E-state index < -0.39 is 51.1 Å². The highest BCUT2D eigenvalue weighted by molar-refractivity contribution is 5.81. The zero-order valence-electron chi connectivity index (χ0n) is 22.8. The SMILES string of the molecule is C=C(C)C1CCC2(C(=O)O)CCC3(C(=O)O)C(CCC4C5(C)CCC(O)C(C)(C(=O)O)C5CCC43C)C12. The van der Waals surface area contributed by atoms with E-state index in [1.54, 1.807) is 6.92 Å². The average molecular weight is 517 g/mol. The normalized spacial score (nSPS) is 52.7. The number of hydrogen-bond acceptors (Lipinski definition) is 4. The largest absolute Gasteiger partial charge is 0.481 e. The van der Waals surface area contributed by atoms with E-state index in [9.17, 15) is 34.8 Å². The lowest BCUT2D eigenvalue weighted by Crippen LogP contribution is -2.70. The second kappa shape index (κ2) is 8.06. The van der Waals surface area contributed by atoms with Gasteiger partial charge in [-0.25, -0.2) is 0 Å². The lowest BCUT2D eigenvalue weighted by atomic mass is 9.31. The van der Waals surface area contributed by atoms with Gasteiger partial charge < -0.3 is 20.4 Å². The highest BCUT2D eigenvalue weighted by Gasteiger charge is 2.76. The lowest BCUT2D eigenvalue weighted by molar-refractivity contribution is -0.257. The summed E-state index contributed by atoms with van der Waals surface area (Å²) < 4.78 is 0. The first-order valence-electron chi connectivity index (χ1n) is 14.2. The molecule has 5 rings (SSSR count). The van der Waals surface area contributed by atoms with Gasteiger partial charge in [-0.3, -0.25) is 14.4 Å².